The maximum Gasteiger partial charge on any atom is 0.224 e. The van der Waals surface area contributed by atoms with Crippen molar-refractivity contribution in [3.05, 3.63) is 35.9 Å². The Morgan fingerprint density at radius 3 is 2.67 bits per heavy atom. The Hall–Kier alpha value is -1.43. The fourth-order valence-corrected chi connectivity index (χ4v) is 2.56. The predicted octanol–water partition coefficient (Wildman–Crippen LogP) is 0.344. The van der Waals surface area contributed by atoms with E-state index in [1.54, 1.807) is 0 Å². The Balaban J connectivity index is 1.74. The molecule has 21 heavy (non-hydrogen) atoms. The molecule has 1 amide bonds. The van der Waals surface area contributed by atoms with Crippen molar-refractivity contribution in [2.24, 2.45) is 11.7 Å². The van der Waals surface area contributed by atoms with E-state index < -0.39 is 0 Å². The van der Waals surface area contributed by atoms with Gasteiger partial charge >= 0.3 is 0 Å². The highest BCUT2D eigenvalue weighted by Gasteiger charge is 2.21. The molecule has 116 valence electrons. The van der Waals surface area contributed by atoms with E-state index >= 15 is 0 Å². The normalized spacial score (nSPS) is 19.0. The molecule has 2 rings (SSSR count). The van der Waals surface area contributed by atoms with Crippen molar-refractivity contribution in [3.8, 4) is 0 Å². The summed E-state index contributed by atoms with van der Waals surface area (Å²) in [5, 5.41) is 6.32. The molecular formula is C16H26N4O. The van der Waals surface area contributed by atoms with E-state index in [2.05, 4.69) is 15.5 Å². The maximum absolute atomic E-state index is 12.2. The van der Waals surface area contributed by atoms with Crippen LogP contribution >= 0.6 is 0 Å². The van der Waals surface area contributed by atoms with E-state index in [1.165, 1.54) is 0 Å². The molecular weight excluding hydrogens is 264 g/mol. The van der Waals surface area contributed by atoms with Crippen LogP contribution in [0.3, 0.4) is 0 Å². The minimum atomic E-state index is -0.259. The van der Waals surface area contributed by atoms with Crippen LogP contribution in [0.5, 0.6) is 0 Å². The molecule has 1 saturated heterocycles. The van der Waals surface area contributed by atoms with Crippen LogP contribution in [0.1, 0.15) is 18.5 Å². The van der Waals surface area contributed by atoms with Crippen molar-refractivity contribution < 1.29 is 4.79 Å². The molecule has 5 nitrogen and oxygen atoms in total. The molecule has 4 N–H and O–H groups in total. The number of rotatable bonds is 6. The molecule has 2 unspecified atom stereocenters. The molecule has 1 aromatic carbocycles. The smallest absolute Gasteiger partial charge is 0.224 e. The van der Waals surface area contributed by atoms with Gasteiger partial charge in [-0.15, -0.1) is 0 Å². The minimum Gasteiger partial charge on any atom is -0.355 e. The zero-order valence-corrected chi connectivity index (χ0v) is 12.7. The zero-order valence-electron chi connectivity index (χ0n) is 12.7. The van der Waals surface area contributed by atoms with Gasteiger partial charge in [0.05, 0.1) is 5.92 Å². The molecule has 0 aromatic heterocycles. The van der Waals surface area contributed by atoms with Gasteiger partial charge in [0.15, 0.2) is 0 Å². The van der Waals surface area contributed by atoms with Gasteiger partial charge in [0, 0.05) is 45.3 Å². The third-order valence-corrected chi connectivity index (χ3v) is 4.07. The lowest BCUT2D eigenvalue weighted by Gasteiger charge is -2.27. The molecule has 1 aliphatic heterocycles. The summed E-state index contributed by atoms with van der Waals surface area (Å²) in [6.07, 6.45) is 0. The summed E-state index contributed by atoms with van der Waals surface area (Å²) >= 11 is 0. The summed E-state index contributed by atoms with van der Waals surface area (Å²) in [7, 11) is 0. The maximum atomic E-state index is 12.2. The predicted molar refractivity (Wildman–Crippen MR) is 84.9 cm³/mol. The van der Waals surface area contributed by atoms with Crippen molar-refractivity contribution >= 4 is 5.91 Å². The summed E-state index contributed by atoms with van der Waals surface area (Å²) in [5.74, 6) is -0.197. The third-order valence-electron chi connectivity index (χ3n) is 4.07. The highest BCUT2D eigenvalue weighted by atomic mass is 16.1. The van der Waals surface area contributed by atoms with Gasteiger partial charge in [-0.1, -0.05) is 37.3 Å². The van der Waals surface area contributed by atoms with Crippen molar-refractivity contribution in [2.75, 3.05) is 39.3 Å². The van der Waals surface area contributed by atoms with E-state index in [1.807, 2.05) is 37.3 Å². The van der Waals surface area contributed by atoms with Crippen molar-refractivity contribution in [2.45, 2.75) is 13.0 Å². The van der Waals surface area contributed by atoms with Crippen LogP contribution in [-0.4, -0.2) is 50.1 Å². The summed E-state index contributed by atoms with van der Waals surface area (Å²) in [6, 6.07) is 9.53. The average molecular weight is 290 g/mol. The number of carbonyl (C=O) groups excluding carboxylic acids is 1. The zero-order chi connectivity index (χ0) is 15.1. The molecule has 0 aliphatic carbocycles. The number of piperazine rings is 1. The first-order chi connectivity index (χ1) is 10.2. The van der Waals surface area contributed by atoms with Gasteiger partial charge in [-0.05, 0) is 5.56 Å². The molecule has 1 heterocycles. The average Bonchev–Trinajstić information content (AvgIpc) is 2.55. The molecule has 0 spiro atoms. The van der Waals surface area contributed by atoms with Crippen molar-refractivity contribution in [1.29, 1.82) is 0 Å². The molecule has 0 saturated carbocycles. The van der Waals surface area contributed by atoms with Crippen LogP contribution in [0.15, 0.2) is 30.3 Å². The lowest BCUT2D eigenvalue weighted by molar-refractivity contribution is -0.125. The number of amides is 1. The Morgan fingerprint density at radius 1 is 1.33 bits per heavy atom. The van der Waals surface area contributed by atoms with Gasteiger partial charge in [-0.2, -0.15) is 0 Å². The van der Waals surface area contributed by atoms with Crippen molar-refractivity contribution in [3.63, 3.8) is 0 Å². The van der Waals surface area contributed by atoms with E-state index in [-0.39, 0.29) is 17.9 Å². The van der Waals surface area contributed by atoms with Gasteiger partial charge in [0.25, 0.3) is 0 Å². The molecule has 5 heteroatoms. The van der Waals surface area contributed by atoms with E-state index in [0.717, 1.165) is 38.3 Å². The van der Waals surface area contributed by atoms with Crippen LogP contribution in [0.4, 0.5) is 0 Å². The third kappa shape index (κ3) is 4.81. The number of nitrogens with two attached hydrogens (primary N) is 1. The highest BCUT2D eigenvalue weighted by Crippen LogP contribution is 2.18. The Kier molecular flexibility index (Phi) is 6.17. The highest BCUT2D eigenvalue weighted by molar-refractivity contribution is 5.79. The first-order valence-electron chi connectivity index (χ1n) is 7.70. The van der Waals surface area contributed by atoms with E-state index in [9.17, 15) is 4.79 Å². The summed E-state index contributed by atoms with van der Waals surface area (Å²) in [5.41, 5.74) is 7.18. The largest absolute Gasteiger partial charge is 0.355 e. The van der Waals surface area contributed by atoms with Crippen LogP contribution < -0.4 is 16.4 Å². The summed E-state index contributed by atoms with van der Waals surface area (Å²) in [6.45, 7) is 7.64. The molecule has 1 fully saturated rings. The second kappa shape index (κ2) is 8.12. The molecule has 2 atom stereocenters. The standard InChI is InChI=1S/C16H26N4O/c1-13(15(17)14-5-3-2-4-6-14)16(21)19-9-12-20-10-7-18-8-11-20/h2-6,13,15,18H,7-12,17H2,1H3,(H,19,21). The first-order valence-corrected chi connectivity index (χ1v) is 7.70. The Morgan fingerprint density at radius 2 is 2.00 bits per heavy atom. The number of hydrogen-bond acceptors (Lipinski definition) is 4. The number of benzene rings is 1. The van der Waals surface area contributed by atoms with Gasteiger partial charge in [-0.25, -0.2) is 0 Å². The summed E-state index contributed by atoms with van der Waals surface area (Å²) < 4.78 is 0. The van der Waals surface area contributed by atoms with Crippen LogP contribution in [-0.2, 0) is 4.79 Å². The lowest BCUT2D eigenvalue weighted by atomic mass is 9.95. The number of hydrogen-bond donors (Lipinski definition) is 3. The van der Waals surface area contributed by atoms with Gasteiger partial charge in [0.2, 0.25) is 5.91 Å². The van der Waals surface area contributed by atoms with E-state index in [4.69, 9.17) is 5.73 Å². The number of nitrogens with one attached hydrogen (secondary N) is 2. The molecule has 0 bridgehead atoms. The van der Waals surface area contributed by atoms with Crippen LogP contribution in [0.2, 0.25) is 0 Å². The van der Waals surface area contributed by atoms with Crippen LogP contribution in [0, 0.1) is 5.92 Å². The summed E-state index contributed by atoms with van der Waals surface area (Å²) in [4.78, 5) is 14.5. The van der Waals surface area contributed by atoms with Gasteiger partial charge in [-0.3, -0.25) is 9.69 Å². The second-order valence-electron chi connectivity index (χ2n) is 5.61. The molecule has 1 aromatic rings. The second-order valence-corrected chi connectivity index (χ2v) is 5.61. The van der Waals surface area contributed by atoms with Crippen molar-refractivity contribution in [1.82, 2.24) is 15.5 Å². The van der Waals surface area contributed by atoms with Gasteiger partial charge in [0.1, 0.15) is 0 Å². The van der Waals surface area contributed by atoms with Gasteiger partial charge < -0.3 is 16.4 Å². The Labute approximate surface area is 126 Å². The fourth-order valence-electron chi connectivity index (χ4n) is 2.56. The number of carbonyl (C=O) groups is 1. The monoisotopic (exact) mass is 290 g/mol. The minimum absolute atomic E-state index is 0.0292. The SMILES string of the molecule is CC(C(=O)NCCN1CCNCC1)C(N)c1ccccc1. The Bertz CT molecular complexity index is 431. The lowest BCUT2D eigenvalue weighted by Crippen LogP contribution is -2.47. The molecule has 1 aliphatic rings. The molecule has 0 radical (unpaired) electrons. The quantitative estimate of drug-likeness (QED) is 0.707. The first kappa shape index (κ1) is 15.9. The van der Waals surface area contributed by atoms with E-state index in [0.29, 0.717) is 6.54 Å². The van der Waals surface area contributed by atoms with Crippen LogP contribution in [0.25, 0.3) is 0 Å². The fraction of sp³-hybridized carbons (Fsp3) is 0.562. The topological polar surface area (TPSA) is 70.4 Å². The number of nitrogens with zero attached hydrogens (tertiary/aromatic N) is 1.